The van der Waals surface area contributed by atoms with Crippen molar-refractivity contribution in [3.63, 3.8) is 0 Å². The van der Waals surface area contributed by atoms with Crippen molar-refractivity contribution in [1.82, 2.24) is 0 Å². The summed E-state index contributed by atoms with van der Waals surface area (Å²) in [5.74, 6) is 0. The van der Waals surface area contributed by atoms with Crippen LogP contribution in [-0.2, 0) is 13.6 Å². The van der Waals surface area contributed by atoms with Crippen molar-refractivity contribution in [3.8, 4) is 0 Å². The second-order valence-electron chi connectivity index (χ2n) is 8.25. The van der Waals surface area contributed by atoms with Gasteiger partial charge in [0.25, 0.3) is 0 Å². The SMILES string of the molecule is CCCCCCCCOP(=[Se])(OCCCCCCCC)OCCCCCCCC. The molecule has 0 atom stereocenters. The summed E-state index contributed by atoms with van der Waals surface area (Å²) in [6.45, 7) is 9.03. The van der Waals surface area contributed by atoms with Gasteiger partial charge >= 0.3 is 191 Å². The Hall–Kier alpha value is 0.829. The van der Waals surface area contributed by atoms with Crippen molar-refractivity contribution in [2.45, 2.75) is 136 Å². The summed E-state index contributed by atoms with van der Waals surface area (Å²) in [6, 6.07) is 0. The first kappa shape index (κ1) is 29.8. The number of rotatable bonds is 24. The van der Waals surface area contributed by atoms with Crippen LogP contribution in [0.1, 0.15) is 136 Å². The molecule has 0 bridgehead atoms. The average molecular weight is 498 g/mol. The zero-order valence-corrected chi connectivity index (χ0v) is 22.5. The van der Waals surface area contributed by atoms with Crippen molar-refractivity contribution < 1.29 is 13.6 Å². The molecule has 0 radical (unpaired) electrons. The fourth-order valence-corrected chi connectivity index (χ4v) is 5.98. The molecule has 0 amide bonds. The van der Waals surface area contributed by atoms with E-state index in [2.05, 4.69) is 35.9 Å². The number of hydrogen-bond donors (Lipinski definition) is 0. The van der Waals surface area contributed by atoms with E-state index in [4.69, 9.17) is 13.6 Å². The van der Waals surface area contributed by atoms with Crippen LogP contribution in [-0.4, -0.2) is 34.9 Å². The third-order valence-corrected chi connectivity index (χ3v) is 8.73. The summed E-state index contributed by atoms with van der Waals surface area (Å²) in [5.41, 5.74) is 0. The number of hydrogen-bond acceptors (Lipinski definition) is 3. The predicted octanol–water partition coefficient (Wildman–Crippen LogP) is 8.96. The molecule has 0 rings (SSSR count). The molecule has 5 heteroatoms. The molecule has 0 saturated carbocycles. The van der Waals surface area contributed by atoms with Crippen LogP contribution >= 0.6 is 6.19 Å². The van der Waals surface area contributed by atoms with E-state index in [-0.39, 0.29) is 0 Å². The van der Waals surface area contributed by atoms with Crippen molar-refractivity contribution in [3.05, 3.63) is 0 Å². The maximum absolute atomic E-state index is 6.14. The van der Waals surface area contributed by atoms with Crippen molar-refractivity contribution in [2.24, 2.45) is 0 Å². The summed E-state index contributed by atoms with van der Waals surface area (Å²) >= 11 is 3.17. The van der Waals surface area contributed by atoms with E-state index >= 15 is 0 Å². The Balaban J connectivity index is 4.05. The molecular formula is C24H51O3PSe. The van der Waals surface area contributed by atoms with Crippen LogP contribution in [0.4, 0.5) is 0 Å². The molecule has 0 fully saturated rings. The van der Waals surface area contributed by atoms with Crippen molar-refractivity contribution in [1.29, 1.82) is 0 Å². The average Bonchev–Trinajstić information content (AvgIpc) is 2.72. The van der Waals surface area contributed by atoms with Crippen LogP contribution in [0.25, 0.3) is 0 Å². The summed E-state index contributed by atoms with van der Waals surface area (Å²) in [6.07, 6.45) is 20.7. The minimum atomic E-state index is -2.28. The zero-order valence-electron chi connectivity index (χ0n) is 19.9. The first-order valence-electron chi connectivity index (χ1n) is 12.7. The van der Waals surface area contributed by atoms with Gasteiger partial charge in [-0.05, 0) is 0 Å². The van der Waals surface area contributed by atoms with Gasteiger partial charge < -0.3 is 0 Å². The second kappa shape index (κ2) is 23.5. The van der Waals surface area contributed by atoms with Gasteiger partial charge in [-0.15, -0.1) is 0 Å². The van der Waals surface area contributed by atoms with Crippen LogP contribution in [0.5, 0.6) is 0 Å². The first-order valence-corrected chi connectivity index (χ1v) is 16.5. The van der Waals surface area contributed by atoms with Gasteiger partial charge in [0.05, 0.1) is 0 Å². The normalized spacial score (nSPS) is 12.0. The molecule has 0 saturated heterocycles. The van der Waals surface area contributed by atoms with Gasteiger partial charge in [-0.1, -0.05) is 0 Å². The first-order chi connectivity index (χ1) is 14.2. The van der Waals surface area contributed by atoms with E-state index in [1.54, 1.807) is 0 Å². The molecule has 0 aromatic heterocycles. The second-order valence-corrected chi connectivity index (χ2v) is 12.7. The van der Waals surface area contributed by atoms with Crippen LogP contribution in [0.3, 0.4) is 0 Å². The standard InChI is InChI=1S/C24H51O3PSe/c1-4-7-10-13-16-19-22-25-28(29,26-23-20-17-14-11-8-5-2)27-24-21-18-15-12-9-6-3/h4-24H2,1-3H3. The molecule has 29 heavy (non-hydrogen) atoms. The Morgan fingerprint density at radius 3 is 0.931 bits per heavy atom. The van der Waals surface area contributed by atoms with E-state index in [0.29, 0.717) is 0 Å². The van der Waals surface area contributed by atoms with Gasteiger partial charge in [-0.25, -0.2) is 0 Å². The summed E-state index contributed by atoms with van der Waals surface area (Å²) in [4.78, 5) is 0. The Morgan fingerprint density at radius 1 is 0.414 bits per heavy atom. The van der Waals surface area contributed by atoms with E-state index in [0.717, 1.165) is 39.1 Å². The number of unbranched alkanes of at least 4 members (excludes halogenated alkanes) is 15. The Morgan fingerprint density at radius 2 is 0.655 bits per heavy atom. The molecule has 0 heterocycles. The molecule has 0 unspecified atom stereocenters. The topological polar surface area (TPSA) is 27.7 Å². The molecule has 0 spiro atoms. The summed E-state index contributed by atoms with van der Waals surface area (Å²) < 4.78 is 18.4. The van der Waals surface area contributed by atoms with Crippen LogP contribution < -0.4 is 0 Å². The monoisotopic (exact) mass is 498 g/mol. The van der Waals surface area contributed by atoms with Gasteiger partial charge in [0.1, 0.15) is 0 Å². The van der Waals surface area contributed by atoms with Crippen LogP contribution in [0, 0.1) is 0 Å². The quantitative estimate of drug-likeness (QED) is 0.0757. The molecule has 176 valence electrons. The molecule has 0 aliphatic carbocycles. The van der Waals surface area contributed by atoms with E-state index < -0.39 is 6.19 Å². The third kappa shape index (κ3) is 21.8. The fourth-order valence-electron chi connectivity index (χ4n) is 3.29. The molecule has 0 aliphatic heterocycles. The third-order valence-electron chi connectivity index (χ3n) is 5.24. The maximum atomic E-state index is 6.14. The fraction of sp³-hybridized carbons (Fsp3) is 1.00. The van der Waals surface area contributed by atoms with Crippen molar-refractivity contribution in [2.75, 3.05) is 19.8 Å². The Labute approximate surface area is 190 Å². The molecule has 3 nitrogen and oxygen atoms in total. The zero-order chi connectivity index (χ0) is 21.5. The van der Waals surface area contributed by atoms with E-state index in [1.807, 2.05) is 0 Å². The summed E-state index contributed by atoms with van der Waals surface area (Å²) in [5, 5.41) is 0. The molecule has 0 aromatic carbocycles. The summed E-state index contributed by atoms with van der Waals surface area (Å²) in [7, 11) is 0. The van der Waals surface area contributed by atoms with Crippen LogP contribution in [0.15, 0.2) is 0 Å². The Kier molecular flexibility index (Phi) is 24.2. The van der Waals surface area contributed by atoms with Crippen molar-refractivity contribution >= 4 is 21.3 Å². The van der Waals surface area contributed by atoms with Gasteiger partial charge in [-0.2, -0.15) is 0 Å². The minimum absolute atomic E-state index is 0.750. The van der Waals surface area contributed by atoms with E-state index in [1.165, 1.54) is 96.3 Å². The van der Waals surface area contributed by atoms with Gasteiger partial charge in [0.2, 0.25) is 0 Å². The molecule has 0 aromatic rings. The van der Waals surface area contributed by atoms with E-state index in [9.17, 15) is 0 Å². The van der Waals surface area contributed by atoms with Crippen LogP contribution in [0.2, 0.25) is 0 Å². The predicted molar refractivity (Wildman–Crippen MR) is 131 cm³/mol. The van der Waals surface area contributed by atoms with Gasteiger partial charge in [0.15, 0.2) is 0 Å². The Bertz CT molecular complexity index is 314. The molecular weight excluding hydrogens is 446 g/mol. The van der Waals surface area contributed by atoms with Gasteiger partial charge in [-0.3, -0.25) is 0 Å². The molecule has 0 N–H and O–H groups in total. The molecule has 0 aliphatic rings. The van der Waals surface area contributed by atoms with Gasteiger partial charge in [0, 0.05) is 0 Å².